The second-order valence-corrected chi connectivity index (χ2v) is 9.31. The molecule has 1 aliphatic heterocycles. The van der Waals surface area contributed by atoms with E-state index in [9.17, 15) is 36.0 Å². The highest BCUT2D eigenvalue weighted by molar-refractivity contribution is 7.89. The minimum absolute atomic E-state index is 0.0147. The molecule has 1 heterocycles. The number of benzene rings is 1. The van der Waals surface area contributed by atoms with Gasteiger partial charge in [-0.2, -0.15) is 17.5 Å². The van der Waals surface area contributed by atoms with Gasteiger partial charge in [0.1, 0.15) is 13.1 Å². The number of Topliss-reactive ketones (excluding diaryl/α,β-unsaturated/α-hetero) is 1. The van der Waals surface area contributed by atoms with Crippen molar-refractivity contribution in [2.75, 3.05) is 32.8 Å². The lowest BCUT2D eigenvalue weighted by Crippen LogP contribution is -2.48. The summed E-state index contributed by atoms with van der Waals surface area (Å²) in [5, 5.41) is 0. The molecule has 1 fully saturated rings. The van der Waals surface area contributed by atoms with Crippen molar-refractivity contribution >= 4 is 27.7 Å². The number of carbonyl (C=O) groups excluding carboxylic acids is 3. The molecular weight excluding hydrogens is 453 g/mol. The van der Waals surface area contributed by atoms with Crippen molar-refractivity contribution in [2.24, 2.45) is 5.92 Å². The lowest BCUT2D eigenvalue weighted by atomic mass is 9.96. The quantitative estimate of drug-likeness (QED) is 0.420. The average molecular weight is 478 g/mol. The minimum atomic E-state index is -4.70. The van der Waals surface area contributed by atoms with Gasteiger partial charge in [-0.3, -0.25) is 14.4 Å². The fourth-order valence-electron chi connectivity index (χ4n) is 3.40. The number of ketones is 1. The number of rotatable bonds is 8. The summed E-state index contributed by atoms with van der Waals surface area (Å²) in [5.74, 6) is -2.87. The van der Waals surface area contributed by atoms with Gasteiger partial charge in [-0.05, 0) is 38.8 Å². The number of ether oxygens (including phenoxy) is 1. The van der Waals surface area contributed by atoms with E-state index in [1.54, 1.807) is 0 Å². The molecule has 2 rings (SSSR count). The zero-order valence-electron chi connectivity index (χ0n) is 17.7. The highest BCUT2D eigenvalue weighted by Gasteiger charge is 2.39. The van der Waals surface area contributed by atoms with Gasteiger partial charge >= 0.3 is 12.1 Å². The molecule has 0 bridgehead atoms. The van der Waals surface area contributed by atoms with E-state index >= 15 is 0 Å². The summed E-state index contributed by atoms with van der Waals surface area (Å²) in [6.07, 6.45) is -4.67. The number of alkyl halides is 3. The Hall–Kier alpha value is -2.47. The fourth-order valence-corrected chi connectivity index (χ4v) is 4.87. The van der Waals surface area contributed by atoms with Crippen LogP contribution in [0.15, 0.2) is 29.2 Å². The Morgan fingerprint density at radius 3 is 2.16 bits per heavy atom. The highest BCUT2D eigenvalue weighted by Crippen LogP contribution is 2.27. The number of hydrogen-bond acceptors (Lipinski definition) is 6. The van der Waals surface area contributed by atoms with Gasteiger partial charge in [-0.25, -0.2) is 8.42 Å². The van der Waals surface area contributed by atoms with Gasteiger partial charge < -0.3 is 9.64 Å². The monoisotopic (exact) mass is 478 g/mol. The number of esters is 1. The summed E-state index contributed by atoms with van der Waals surface area (Å²) in [4.78, 5) is 36.1. The van der Waals surface area contributed by atoms with Crippen LogP contribution in [0.2, 0.25) is 0 Å². The molecule has 1 aliphatic rings. The predicted octanol–water partition coefficient (Wildman–Crippen LogP) is 2.24. The third-order valence-corrected chi connectivity index (χ3v) is 6.92. The Bertz CT molecular complexity index is 939. The van der Waals surface area contributed by atoms with Gasteiger partial charge in [0, 0.05) is 24.6 Å². The maximum absolute atomic E-state index is 12.9. The molecule has 0 saturated carbocycles. The standard InChI is InChI=1S/C20H25F3N2O6S/c1-3-31-18(27)12-24(13-20(21,22)23)19(28)16-8-10-25(11-9-16)32(29,30)17-6-4-15(5-7-17)14(2)26/h4-7,16H,3,8-13H2,1-2H3. The Labute approximate surface area is 184 Å². The van der Waals surface area contributed by atoms with Crippen molar-refractivity contribution in [1.29, 1.82) is 0 Å². The molecule has 1 aromatic rings. The molecule has 0 N–H and O–H groups in total. The van der Waals surface area contributed by atoms with E-state index in [2.05, 4.69) is 4.74 Å². The minimum Gasteiger partial charge on any atom is -0.465 e. The van der Waals surface area contributed by atoms with Crippen LogP contribution in [-0.4, -0.2) is 74.2 Å². The van der Waals surface area contributed by atoms with E-state index in [1.807, 2.05) is 0 Å². The first-order chi connectivity index (χ1) is 14.8. The lowest BCUT2D eigenvalue weighted by molar-refractivity contribution is -0.169. The predicted molar refractivity (Wildman–Crippen MR) is 107 cm³/mol. The third kappa shape index (κ3) is 6.76. The summed E-state index contributed by atoms with van der Waals surface area (Å²) < 4.78 is 70.1. The first-order valence-corrected chi connectivity index (χ1v) is 11.4. The van der Waals surface area contributed by atoms with E-state index in [-0.39, 0.29) is 43.2 Å². The van der Waals surface area contributed by atoms with Gasteiger partial charge in [0.25, 0.3) is 0 Å². The van der Waals surface area contributed by atoms with Crippen LogP contribution in [0.25, 0.3) is 0 Å². The molecule has 0 spiro atoms. The van der Waals surface area contributed by atoms with Crippen LogP contribution in [-0.2, 0) is 24.3 Å². The second kappa shape index (κ2) is 10.4. The smallest absolute Gasteiger partial charge is 0.406 e. The summed E-state index contributed by atoms with van der Waals surface area (Å²) in [5.41, 5.74) is 0.361. The number of sulfonamides is 1. The van der Waals surface area contributed by atoms with Crippen LogP contribution >= 0.6 is 0 Å². The summed E-state index contributed by atoms with van der Waals surface area (Å²) in [6, 6.07) is 5.42. The zero-order valence-corrected chi connectivity index (χ0v) is 18.5. The molecular formula is C20H25F3N2O6S. The Kier molecular flexibility index (Phi) is 8.41. The number of piperidine rings is 1. The van der Waals surface area contributed by atoms with Crippen molar-refractivity contribution < 1.29 is 40.7 Å². The zero-order chi connectivity index (χ0) is 24.1. The van der Waals surface area contributed by atoms with E-state index < -0.39 is 47.1 Å². The van der Waals surface area contributed by atoms with Gasteiger partial charge in [0.05, 0.1) is 11.5 Å². The van der Waals surface area contributed by atoms with Gasteiger partial charge in [0.2, 0.25) is 15.9 Å². The van der Waals surface area contributed by atoms with Crippen molar-refractivity contribution in [3.8, 4) is 0 Å². The maximum Gasteiger partial charge on any atom is 0.406 e. The average Bonchev–Trinajstić information content (AvgIpc) is 2.72. The van der Waals surface area contributed by atoms with E-state index in [0.29, 0.717) is 10.5 Å². The molecule has 1 amide bonds. The van der Waals surface area contributed by atoms with Gasteiger partial charge in [0.15, 0.2) is 5.78 Å². The molecule has 0 radical (unpaired) electrons. The molecule has 32 heavy (non-hydrogen) atoms. The molecule has 1 saturated heterocycles. The van der Waals surface area contributed by atoms with E-state index in [0.717, 1.165) is 4.31 Å². The van der Waals surface area contributed by atoms with Crippen LogP contribution in [0.3, 0.4) is 0 Å². The number of hydrogen-bond donors (Lipinski definition) is 0. The Morgan fingerprint density at radius 2 is 1.69 bits per heavy atom. The highest BCUT2D eigenvalue weighted by atomic mass is 32.2. The molecule has 0 unspecified atom stereocenters. The molecule has 12 heteroatoms. The Morgan fingerprint density at radius 1 is 1.12 bits per heavy atom. The van der Waals surface area contributed by atoms with Gasteiger partial charge in [-0.1, -0.05) is 12.1 Å². The summed E-state index contributed by atoms with van der Waals surface area (Å²) in [6.45, 7) is 0.279. The first-order valence-electron chi connectivity index (χ1n) is 9.97. The number of carbonyl (C=O) groups is 3. The SMILES string of the molecule is CCOC(=O)CN(CC(F)(F)F)C(=O)C1CCN(S(=O)(=O)c2ccc(C(C)=O)cc2)CC1. The fraction of sp³-hybridized carbons (Fsp3) is 0.550. The van der Waals surface area contributed by atoms with Crippen LogP contribution in [0.1, 0.15) is 37.0 Å². The van der Waals surface area contributed by atoms with E-state index in [4.69, 9.17) is 0 Å². The number of amides is 1. The van der Waals surface area contributed by atoms with Crippen LogP contribution in [0, 0.1) is 5.92 Å². The molecule has 8 nitrogen and oxygen atoms in total. The van der Waals surface area contributed by atoms with Crippen LogP contribution < -0.4 is 0 Å². The molecule has 178 valence electrons. The lowest BCUT2D eigenvalue weighted by Gasteiger charge is -2.33. The number of nitrogens with zero attached hydrogens (tertiary/aromatic N) is 2. The van der Waals surface area contributed by atoms with Crippen molar-refractivity contribution in [2.45, 2.75) is 37.8 Å². The summed E-state index contributed by atoms with van der Waals surface area (Å²) >= 11 is 0. The van der Waals surface area contributed by atoms with Crippen molar-refractivity contribution in [3.05, 3.63) is 29.8 Å². The summed E-state index contributed by atoms with van der Waals surface area (Å²) in [7, 11) is -3.89. The third-order valence-electron chi connectivity index (χ3n) is 5.01. The van der Waals surface area contributed by atoms with Crippen LogP contribution in [0.5, 0.6) is 0 Å². The van der Waals surface area contributed by atoms with E-state index in [1.165, 1.54) is 38.1 Å². The van der Waals surface area contributed by atoms with Crippen LogP contribution in [0.4, 0.5) is 13.2 Å². The topological polar surface area (TPSA) is 101 Å². The molecule has 0 atom stereocenters. The normalized spacial score (nSPS) is 15.9. The number of halogens is 3. The van der Waals surface area contributed by atoms with Crippen molar-refractivity contribution in [3.63, 3.8) is 0 Å². The van der Waals surface area contributed by atoms with Gasteiger partial charge in [-0.15, -0.1) is 0 Å². The largest absolute Gasteiger partial charge is 0.465 e. The Balaban J connectivity index is 2.07. The van der Waals surface area contributed by atoms with Crippen molar-refractivity contribution in [1.82, 2.24) is 9.21 Å². The molecule has 0 aromatic heterocycles. The molecule has 0 aliphatic carbocycles. The first kappa shape index (κ1) is 25.8. The maximum atomic E-state index is 12.9. The molecule has 1 aromatic carbocycles. The second-order valence-electron chi connectivity index (χ2n) is 7.37.